The molecule has 0 spiro atoms. The van der Waals surface area contributed by atoms with Gasteiger partial charge < -0.3 is 0 Å². The first-order valence-corrected chi connectivity index (χ1v) is 0.612. The van der Waals surface area contributed by atoms with E-state index in [1.54, 1.807) is 9.12 Å². The van der Waals surface area contributed by atoms with E-state index in [4.69, 9.17) is 4.57 Å². The van der Waals surface area contributed by atoms with Gasteiger partial charge >= 0.3 is 0 Å². The average Bonchev–Trinajstić information content (AvgIpc) is 1.00. The van der Waals surface area contributed by atoms with Gasteiger partial charge in [0.2, 0.25) is 0 Å². The van der Waals surface area contributed by atoms with Crippen LogP contribution in [0.3, 0.4) is 0 Å². The molecule has 0 rings (SSSR count). The minimum Gasteiger partial charge on any atom is -0.279 e. The minimum absolute atomic E-state index is 0. The van der Waals surface area contributed by atoms with Crippen LogP contribution in [0.5, 0.6) is 0 Å². The summed E-state index contributed by atoms with van der Waals surface area (Å²) < 4.78 is 8.06. The van der Waals surface area contributed by atoms with E-state index in [9.17, 15) is 0 Å². The Balaban J connectivity index is -0.00000000167. The van der Waals surface area contributed by atoms with Crippen LogP contribution in [0.2, 0.25) is 0 Å². The molecule has 0 aliphatic rings. The summed E-state index contributed by atoms with van der Waals surface area (Å²) in [5.41, 5.74) is 0. The first-order valence-electron chi connectivity index (χ1n) is 0.204. The van der Waals surface area contributed by atoms with E-state index in [2.05, 4.69) is 0 Å². The van der Waals surface area contributed by atoms with Gasteiger partial charge in [0, 0.05) is 52.7 Å². The van der Waals surface area contributed by atoms with Crippen molar-refractivity contribution in [3.8, 4) is 0 Å². The maximum Gasteiger partial charge on any atom is 0.138 e. The van der Waals surface area contributed by atoms with Gasteiger partial charge in [0.25, 0.3) is 0 Å². The van der Waals surface area contributed by atoms with Gasteiger partial charge in [-0.25, -0.2) is 0 Å². The first kappa shape index (κ1) is 29.7. The summed E-state index contributed by atoms with van der Waals surface area (Å²) >= 11 is 0. The molecule has 30 valence electrons. The predicted octanol–water partition coefficient (Wildman–Crippen LogP) is 0.0889. The number of hydrogen-bond donors (Lipinski definition) is 0. The molecule has 0 saturated carbocycles. The standard InChI is InChI=1S/Co.Fe.Li.HOP/c;;;1-2/h;;;2H. The van der Waals surface area contributed by atoms with Crippen LogP contribution in [0.25, 0.3) is 0 Å². The predicted molar refractivity (Wildman–Crippen MR) is 14.8 cm³/mol. The van der Waals surface area contributed by atoms with Crippen molar-refractivity contribution in [2.75, 3.05) is 0 Å². The van der Waals surface area contributed by atoms with E-state index in [1.807, 2.05) is 0 Å². The average molecular weight is 170 g/mol. The maximum atomic E-state index is 8.06. The van der Waals surface area contributed by atoms with Gasteiger partial charge in [-0.15, -0.1) is 0 Å². The maximum absolute atomic E-state index is 8.06. The SMILES string of the molecule is O=P.[Co].[Fe].[Li]. The van der Waals surface area contributed by atoms with Gasteiger partial charge in [0.05, 0.1) is 0 Å². The topological polar surface area (TPSA) is 17.1 Å². The summed E-state index contributed by atoms with van der Waals surface area (Å²) in [6, 6.07) is 0. The van der Waals surface area contributed by atoms with Gasteiger partial charge in [-0.05, 0) is 0 Å². The molecule has 0 fully saturated rings. The molecule has 0 heterocycles. The normalized spacial score (nSPS) is 0.800. The Kier molecular flexibility index (Phi) is 255. The van der Waals surface area contributed by atoms with Crippen LogP contribution in [0.4, 0.5) is 0 Å². The van der Waals surface area contributed by atoms with Crippen molar-refractivity contribution in [1.29, 1.82) is 0 Å². The number of rotatable bonds is 0. The molecular formula is HCoFeLiOP. The largest absolute Gasteiger partial charge is 0.279 e. The molecule has 0 atom stereocenters. The first-order chi connectivity index (χ1) is 1.00. The van der Waals surface area contributed by atoms with Gasteiger partial charge in [-0.2, -0.15) is 0 Å². The van der Waals surface area contributed by atoms with Crippen molar-refractivity contribution in [2.45, 2.75) is 0 Å². The third kappa shape index (κ3) is 26.7. The molecule has 0 bridgehead atoms. The van der Waals surface area contributed by atoms with Crippen molar-refractivity contribution >= 4 is 28.0 Å². The molecular weight excluding hydrogens is 169 g/mol. The molecule has 0 unspecified atom stereocenters. The van der Waals surface area contributed by atoms with E-state index in [-0.39, 0.29) is 52.7 Å². The van der Waals surface area contributed by atoms with Crippen LogP contribution in [0.15, 0.2) is 0 Å². The Hall–Kier alpha value is 1.72. The molecule has 0 aliphatic heterocycles. The Morgan fingerprint density at radius 2 is 1.20 bits per heavy atom. The Labute approximate surface area is 66.1 Å². The second-order valence-corrected chi connectivity index (χ2v) is 0. The fourth-order valence-corrected chi connectivity index (χ4v) is 0. The summed E-state index contributed by atoms with van der Waals surface area (Å²) in [5, 5.41) is 0. The molecule has 0 N–H and O–H groups in total. The Morgan fingerprint density at radius 3 is 1.20 bits per heavy atom. The van der Waals surface area contributed by atoms with Crippen LogP contribution in [0.1, 0.15) is 0 Å². The van der Waals surface area contributed by atoms with Gasteiger partial charge in [-0.1, -0.05) is 0 Å². The van der Waals surface area contributed by atoms with E-state index in [1.165, 1.54) is 0 Å². The molecule has 0 aromatic rings. The van der Waals surface area contributed by atoms with Crippen molar-refractivity contribution in [3.63, 3.8) is 0 Å². The molecule has 5 heavy (non-hydrogen) atoms. The molecule has 0 amide bonds. The summed E-state index contributed by atoms with van der Waals surface area (Å²) in [7, 11) is 1.72. The summed E-state index contributed by atoms with van der Waals surface area (Å²) in [6.45, 7) is 0. The van der Waals surface area contributed by atoms with Crippen LogP contribution >= 0.6 is 9.12 Å². The monoisotopic (exact) mass is 170 g/mol. The van der Waals surface area contributed by atoms with Crippen LogP contribution in [-0.2, 0) is 38.4 Å². The molecule has 2 radical (unpaired) electrons. The van der Waals surface area contributed by atoms with E-state index >= 15 is 0 Å². The minimum atomic E-state index is 0. The fourth-order valence-electron chi connectivity index (χ4n) is 0. The zero-order valence-electron chi connectivity index (χ0n) is 2.60. The molecule has 0 saturated heterocycles. The second-order valence-electron chi connectivity index (χ2n) is 0. The van der Waals surface area contributed by atoms with Crippen molar-refractivity contribution in [2.24, 2.45) is 0 Å². The molecule has 0 aromatic carbocycles. The fraction of sp³-hybridized carbons (Fsp3) is 0. The Morgan fingerprint density at radius 1 is 1.20 bits per heavy atom. The number of hydrogen-bond acceptors (Lipinski definition) is 1. The van der Waals surface area contributed by atoms with Gasteiger partial charge in [0.1, 0.15) is 9.12 Å². The van der Waals surface area contributed by atoms with E-state index in [0.29, 0.717) is 0 Å². The molecule has 0 aromatic heterocycles. The summed E-state index contributed by atoms with van der Waals surface area (Å²) in [5.74, 6) is 0. The van der Waals surface area contributed by atoms with Crippen LogP contribution in [-0.4, -0.2) is 18.9 Å². The van der Waals surface area contributed by atoms with Crippen LogP contribution < -0.4 is 0 Å². The molecule has 5 heteroatoms. The second kappa shape index (κ2) is 43.0. The van der Waals surface area contributed by atoms with E-state index < -0.39 is 0 Å². The van der Waals surface area contributed by atoms with Gasteiger partial charge in [0.15, 0.2) is 0 Å². The molecule has 0 aliphatic carbocycles. The third-order valence-corrected chi connectivity index (χ3v) is 0. The summed E-state index contributed by atoms with van der Waals surface area (Å²) in [4.78, 5) is 0. The van der Waals surface area contributed by atoms with E-state index in [0.717, 1.165) is 0 Å². The van der Waals surface area contributed by atoms with Crippen molar-refractivity contribution < 1.29 is 38.4 Å². The van der Waals surface area contributed by atoms with Crippen LogP contribution in [0, 0.1) is 0 Å². The van der Waals surface area contributed by atoms with Crippen molar-refractivity contribution in [3.05, 3.63) is 0 Å². The quantitative estimate of drug-likeness (QED) is 0.371. The zero-order chi connectivity index (χ0) is 2.00. The smallest absolute Gasteiger partial charge is 0.138 e. The van der Waals surface area contributed by atoms with Gasteiger partial charge in [-0.3, -0.25) is 4.57 Å². The third-order valence-electron chi connectivity index (χ3n) is 0. The van der Waals surface area contributed by atoms with Crippen molar-refractivity contribution in [1.82, 2.24) is 0 Å². The zero-order valence-corrected chi connectivity index (χ0v) is 5.74. The summed E-state index contributed by atoms with van der Waals surface area (Å²) in [6.07, 6.45) is 0. The molecule has 1 nitrogen and oxygen atoms in total. The Bertz CT molecular complexity index is 11.6.